The van der Waals surface area contributed by atoms with Crippen LogP contribution in [0.15, 0.2) is 22.8 Å². The summed E-state index contributed by atoms with van der Waals surface area (Å²) in [5.41, 5.74) is 0.556. The van der Waals surface area contributed by atoms with Crippen molar-refractivity contribution in [1.82, 2.24) is 9.78 Å². The maximum atomic E-state index is 11.2. The fourth-order valence-corrected chi connectivity index (χ4v) is 2.06. The predicted octanol–water partition coefficient (Wildman–Crippen LogP) is 2.70. The predicted molar refractivity (Wildman–Crippen MR) is 74.9 cm³/mol. The quantitative estimate of drug-likeness (QED) is 0.648. The van der Waals surface area contributed by atoms with E-state index >= 15 is 0 Å². The van der Waals surface area contributed by atoms with Crippen LogP contribution >= 0.6 is 0 Å². The number of anilines is 1. The summed E-state index contributed by atoms with van der Waals surface area (Å²) < 4.78 is 6.75. The summed E-state index contributed by atoms with van der Waals surface area (Å²) in [5.74, 6) is 1.28. The third-order valence-electron chi connectivity index (χ3n) is 3.02. The average Bonchev–Trinajstić information content (AvgIpc) is 2.98. The number of rotatable bonds is 6. The minimum absolute atomic E-state index is 0.00206. The van der Waals surface area contributed by atoms with Crippen LogP contribution in [-0.4, -0.2) is 21.2 Å². The van der Waals surface area contributed by atoms with E-state index in [0.717, 1.165) is 5.76 Å². The van der Waals surface area contributed by atoms with Crippen molar-refractivity contribution < 1.29 is 9.34 Å². The molecule has 108 valence electrons. The molecule has 2 aromatic rings. The number of aromatic nitrogens is 2. The first-order valence-electron chi connectivity index (χ1n) is 6.48. The Hall–Kier alpha value is -2.31. The summed E-state index contributed by atoms with van der Waals surface area (Å²) in [6.07, 6.45) is 2.27. The van der Waals surface area contributed by atoms with Gasteiger partial charge in [-0.05, 0) is 12.1 Å². The molecule has 0 fully saturated rings. The number of nitro groups is 1. The molecule has 0 saturated carbocycles. The Bertz CT molecular complexity index is 587. The minimum Gasteiger partial charge on any atom is -0.469 e. The molecule has 2 rings (SSSR count). The Morgan fingerprint density at radius 1 is 1.55 bits per heavy atom. The Labute approximate surface area is 116 Å². The van der Waals surface area contributed by atoms with Crippen molar-refractivity contribution in [3.63, 3.8) is 0 Å². The van der Waals surface area contributed by atoms with E-state index in [1.54, 1.807) is 13.3 Å². The maximum Gasteiger partial charge on any atom is 0.334 e. The lowest BCUT2D eigenvalue weighted by Gasteiger charge is -2.05. The monoisotopic (exact) mass is 278 g/mol. The topological polar surface area (TPSA) is 86.1 Å². The van der Waals surface area contributed by atoms with E-state index in [1.807, 2.05) is 26.0 Å². The Balaban J connectivity index is 2.16. The molecule has 0 saturated heterocycles. The number of aryl methyl sites for hydroxylation is 1. The highest BCUT2D eigenvalue weighted by Crippen LogP contribution is 2.32. The molecule has 2 heterocycles. The summed E-state index contributed by atoms with van der Waals surface area (Å²) in [5, 5.41) is 18.6. The van der Waals surface area contributed by atoms with Crippen LogP contribution in [0.3, 0.4) is 0 Å². The lowest BCUT2D eigenvalue weighted by molar-refractivity contribution is -0.384. The lowest BCUT2D eigenvalue weighted by Crippen LogP contribution is -2.09. The fraction of sp³-hybridized carbons (Fsp3) is 0.462. The maximum absolute atomic E-state index is 11.2. The molecule has 20 heavy (non-hydrogen) atoms. The SMILES string of the molecule is CC(C)c1nn(C)c(NCCc2ccco2)c1[N+](=O)[O-]. The number of furan rings is 1. The molecule has 7 nitrogen and oxygen atoms in total. The van der Waals surface area contributed by atoms with E-state index in [2.05, 4.69) is 10.4 Å². The molecule has 0 spiro atoms. The van der Waals surface area contributed by atoms with Crippen molar-refractivity contribution in [2.24, 2.45) is 7.05 Å². The fourth-order valence-electron chi connectivity index (χ4n) is 2.06. The molecule has 0 aliphatic heterocycles. The minimum atomic E-state index is -0.377. The van der Waals surface area contributed by atoms with Crippen molar-refractivity contribution in [2.45, 2.75) is 26.2 Å². The van der Waals surface area contributed by atoms with Crippen LogP contribution in [-0.2, 0) is 13.5 Å². The third-order valence-corrected chi connectivity index (χ3v) is 3.02. The van der Waals surface area contributed by atoms with Gasteiger partial charge < -0.3 is 9.73 Å². The van der Waals surface area contributed by atoms with Gasteiger partial charge in [-0.3, -0.25) is 10.1 Å². The average molecular weight is 278 g/mol. The van der Waals surface area contributed by atoms with E-state index in [0.29, 0.717) is 24.5 Å². The highest BCUT2D eigenvalue weighted by atomic mass is 16.6. The molecule has 1 N–H and O–H groups in total. The van der Waals surface area contributed by atoms with Crippen molar-refractivity contribution in [2.75, 3.05) is 11.9 Å². The molecule has 0 atom stereocenters. The Morgan fingerprint density at radius 2 is 2.30 bits per heavy atom. The summed E-state index contributed by atoms with van der Waals surface area (Å²) in [6, 6.07) is 3.69. The van der Waals surface area contributed by atoms with Gasteiger partial charge in [-0.25, -0.2) is 4.68 Å². The van der Waals surface area contributed by atoms with Crippen molar-refractivity contribution >= 4 is 11.5 Å². The lowest BCUT2D eigenvalue weighted by atomic mass is 10.1. The summed E-state index contributed by atoms with van der Waals surface area (Å²) in [6.45, 7) is 4.33. The molecular weight excluding hydrogens is 260 g/mol. The van der Waals surface area contributed by atoms with Gasteiger partial charge in [-0.1, -0.05) is 13.8 Å². The van der Waals surface area contributed by atoms with Crippen LogP contribution in [0.4, 0.5) is 11.5 Å². The van der Waals surface area contributed by atoms with Crippen molar-refractivity contribution in [3.05, 3.63) is 40.0 Å². The van der Waals surface area contributed by atoms with Gasteiger partial charge in [0.2, 0.25) is 5.82 Å². The summed E-state index contributed by atoms with van der Waals surface area (Å²) in [7, 11) is 1.70. The molecule has 7 heteroatoms. The molecule has 0 aliphatic carbocycles. The van der Waals surface area contributed by atoms with E-state index in [1.165, 1.54) is 4.68 Å². The van der Waals surface area contributed by atoms with Gasteiger partial charge >= 0.3 is 5.69 Å². The first-order chi connectivity index (χ1) is 9.50. The molecule has 0 bridgehead atoms. The first kappa shape index (κ1) is 14.1. The standard InChI is InChI=1S/C13H18N4O3/c1-9(2)11-12(17(18)19)13(16(3)15-11)14-7-6-10-5-4-8-20-10/h4-5,8-9,14H,6-7H2,1-3H3. The van der Waals surface area contributed by atoms with Crippen molar-refractivity contribution in [1.29, 1.82) is 0 Å². The molecule has 0 aliphatic rings. The largest absolute Gasteiger partial charge is 0.469 e. The first-order valence-corrected chi connectivity index (χ1v) is 6.48. The number of nitrogens with one attached hydrogen (secondary N) is 1. The number of hydrogen-bond acceptors (Lipinski definition) is 5. The normalized spacial score (nSPS) is 11.0. The van der Waals surface area contributed by atoms with Gasteiger partial charge in [0, 0.05) is 25.9 Å². The van der Waals surface area contributed by atoms with Crippen LogP contribution in [0.5, 0.6) is 0 Å². The molecular formula is C13H18N4O3. The smallest absolute Gasteiger partial charge is 0.334 e. The Morgan fingerprint density at radius 3 is 2.85 bits per heavy atom. The van der Waals surface area contributed by atoms with E-state index in [-0.39, 0.29) is 16.5 Å². The molecule has 0 radical (unpaired) electrons. The Kier molecular flexibility index (Phi) is 4.07. The summed E-state index contributed by atoms with van der Waals surface area (Å²) >= 11 is 0. The second kappa shape index (κ2) is 5.77. The highest BCUT2D eigenvalue weighted by Gasteiger charge is 2.28. The van der Waals surface area contributed by atoms with Crippen LogP contribution in [0.1, 0.15) is 31.2 Å². The highest BCUT2D eigenvalue weighted by molar-refractivity contribution is 5.60. The van der Waals surface area contributed by atoms with E-state index in [4.69, 9.17) is 4.42 Å². The summed E-state index contributed by atoms with van der Waals surface area (Å²) in [4.78, 5) is 10.9. The second-order valence-corrected chi connectivity index (χ2v) is 4.87. The molecule has 0 aromatic carbocycles. The van der Waals surface area contributed by atoms with Crippen LogP contribution < -0.4 is 5.32 Å². The second-order valence-electron chi connectivity index (χ2n) is 4.87. The molecule has 0 amide bonds. The molecule has 0 unspecified atom stereocenters. The van der Waals surface area contributed by atoms with E-state index < -0.39 is 0 Å². The van der Waals surface area contributed by atoms with Crippen LogP contribution in [0, 0.1) is 10.1 Å². The van der Waals surface area contributed by atoms with Gasteiger partial charge in [-0.15, -0.1) is 0 Å². The van der Waals surface area contributed by atoms with E-state index in [9.17, 15) is 10.1 Å². The van der Waals surface area contributed by atoms with Crippen LogP contribution in [0.25, 0.3) is 0 Å². The van der Waals surface area contributed by atoms with Gasteiger partial charge in [-0.2, -0.15) is 5.10 Å². The zero-order valence-corrected chi connectivity index (χ0v) is 11.8. The van der Waals surface area contributed by atoms with Gasteiger partial charge in [0.05, 0.1) is 11.2 Å². The van der Waals surface area contributed by atoms with Gasteiger partial charge in [0.25, 0.3) is 0 Å². The number of hydrogen-bond donors (Lipinski definition) is 1. The van der Waals surface area contributed by atoms with Gasteiger partial charge in [0.15, 0.2) is 0 Å². The van der Waals surface area contributed by atoms with Crippen LogP contribution in [0.2, 0.25) is 0 Å². The number of nitrogens with zero attached hydrogens (tertiary/aromatic N) is 3. The van der Waals surface area contributed by atoms with Gasteiger partial charge in [0.1, 0.15) is 11.5 Å². The van der Waals surface area contributed by atoms with Crippen molar-refractivity contribution in [3.8, 4) is 0 Å². The molecule has 2 aromatic heterocycles. The third kappa shape index (κ3) is 2.81. The zero-order chi connectivity index (χ0) is 14.7. The zero-order valence-electron chi connectivity index (χ0n) is 11.8.